The van der Waals surface area contributed by atoms with Crippen molar-refractivity contribution in [3.63, 3.8) is 0 Å². The molecule has 0 bridgehead atoms. The molecule has 0 radical (unpaired) electrons. The van der Waals surface area contributed by atoms with Crippen LogP contribution in [-0.4, -0.2) is 6.03 Å². The normalized spacial score (nSPS) is 10.2. The number of hydrogen-bond donors (Lipinski definition) is 2. The summed E-state index contributed by atoms with van der Waals surface area (Å²) < 4.78 is 0. The number of hydrogen-bond acceptors (Lipinski definition) is 1. The summed E-state index contributed by atoms with van der Waals surface area (Å²) in [6, 6.07) is 11.8. The Labute approximate surface area is 131 Å². The van der Waals surface area contributed by atoms with Crippen molar-refractivity contribution in [3.8, 4) is 0 Å². The first-order chi connectivity index (χ1) is 9.54. The molecule has 0 aromatic heterocycles. The summed E-state index contributed by atoms with van der Waals surface area (Å²) in [5, 5.41) is 6.91. The average molecular weight is 330 g/mol. The smallest absolute Gasteiger partial charge is 0.319 e. The van der Waals surface area contributed by atoms with Crippen molar-refractivity contribution in [2.75, 3.05) is 5.32 Å². The predicted molar refractivity (Wildman–Crippen MR) is 83.8 cm³/mol. The Balaban J connectivity index is 1.90. The largest absolute Gasteiger partial charge is 0.334 e. The Morgan fingerprint density at radius 1 is 1.00 bits per heavy atom. The summed E-state index contributed by atoms with van der Waals surface area (Å²) in [5.41, 5.74) is 1.49. The maximum absolute atomic E-state index is 11.7. The van der Waals surface area contributed by atoms with Crippen LogP contribution in [0.2, 0.25) is 15.1 Å². The van der Waals surface area contributed by atoms with Crippen LogP contribution >= 0.6 is 34.8 Å². The Hall–Kier alpha value is -1.42. The summed E-state index contributed by atoms with van der Waals surface area (Å²) >= 11 is 17.6. The maximum atomic E-state index is 11.7. The molecule has 2 N–H and O–H groups in total. The zero-order valence-electron chi connectivity index (χ0n) is 10.3. The molecule has 0 unspecified atom stereocenters. The Morgan fingerprint density at radius 3 is 2.50 bits per heavy atom. The van der Waals surface area contributed by atoms with Crippen LogP contribution in [0.3, 0.4) is 0 Å². The minimum Gasteiger partial charge on any atom is -0.334 e. The lowest BCUT2D eigenvalue weighted by atomic mass is 10.2. The van der Waals surface area contributed by atoms with Crippen LogP contribution in [0.4, 0.5) is 10.5 Å². The van der Waals surface area contributed by atoms with E-state index >= 15 is 0 Å². The van der Waals surface area contributed by atoms with Gasteiger partial charge in [0.2, 0.25) is 0 Å². The zero-order valence-corrected chi connectivity index (χ0v) is 12.6. The van der Waals surface area contributed by atoms with E-state index in [9.17, 15) is 4.79 Å². The van der Waals surface area contributed by atoms with Gasteiger partial charge in [-0.1, -0.05) is 46.9 Å². The van der Waals surface area contributed by atoms with Crippen LogP contribution in [0.5, 0.6) is 0 Å². The van der Waals surface area contributed by atoms with Crippen molar-refractivity contribution in [2.45, 2.75) is 6.54 Å². The minimum absolute atomic E-state index is 0.321. The van der Waals surface area contributed by atoms with Gasteiger partial charge in [0.15, 0.2) is 0 Å². The molecule has 0 aliphatic carbocycles. The molecule has 0 fully saturated rings. The topological polar surface area (TPSA) is 41.1 Å². The molecule has 2 aromatic carbocycles. The molecule has 2 amide bonds. The molecule has 0 saturated heterocycles. The van der Waals surface area contributed by atoms with E-state index < -0.39 is 0 Å². The Bertz CT molecular complexity index is 632. The number of urea groups is 1. The molecule has 0 spiro atoms. The lowest BCUT2D eigenvalue weighted by molar-refractivity contribution is 0.251. The quantitative estimate of drug-likeness (QED) is 0.820. The number of amides is 2. The molecule has 2 rings (SSSR count). The first kappa shape index (κ1) is 15.0. The highest BCUT2D eigenvalue weighted by molar-refractivity contribution is 6.42. The third kappa shape index (κ3) is 4.30. The van der Waals surface area contributed by atoms with Crippen LogP contribution in [0.15, 0.2) is 42.5 Å². The highest BCUT2D eigenvalue weighted by Crippen LogP contribution is 2.22. The van der Waals surface area contributed by atoms with E-state index in [1.54, 1.807) is 42.5 Å². The van der Waals surface area contributed by atoms with Gasteiger partial charge in [-0.25, -0.2) is 4.79 Å². The van der Waals surface area contributed by atoms with Crippen LogP contribution < -0.4 is 10.6 Å². The van der Waals surface area contributed by atoms with Crippen LogP contribution in [0, 0.1) is 0 Å². The SMILES string of the molecule is O=C(NCc1ccc(Cl)c(Cl)c1)Nc1cccc(Cl)c1. The average Bonchev–Trinajstić information content (AvgIpc) is 2.40. The van der Waals surface area contributed by atoms with Gasteiger partial charge >= 0.3 is 6.03 Å². The second-order valence-corrected chi connectivity index (χ2v) is 5.32. The Kier molecular flexibility index (Phi) is 5.12. The van der Waals surface area contributed by atoms with Gasteiger partial charge in [0, 0.05) is 17.3 Å². The number of nitrogens with one attached hydrogen (secondary N) is 2. The summed E-state index contributed by atoms with van der Waals surface area (Å²) in [5.74, 6) is 0. The molecule has 0 atom stereocenters. The lowest BCUT2D eigenvalue weighted by Gasteiger charge is -2.08. The molecule has 0 saturated carbocycles. The molecular formula is C14H11Cl3N2O. The van der Waals surface area contributed by atoms with Crippen LogP contribution in [0.25, 0.3) is 0 Å². The van der Waals surface area contributed by atoms with Crippen molar-refractivity contribution in [1.82, 2.24) is 5.32 Å². The number of carbonyl (C=O) groups excluding carboxylic acids is 1. The monoisotopic (exact) mass is 328 g/mol. The Morgan fingerprint density at radius 2 is 1.80 bits per heavy atom. The van der Waals surface area contributed by atoms with E-state index in [2.05, 4.69) is 10.6 Å². The highest BCUT2D eigenvalue weighted by Gasteiger charge is 2.04. The third-order valence-electron chi connectivity index (χ3n) is 2.52. The van der Waals surface area contributed by atoms with E-state index in [0.717, 1.165) is 5.56 Å². The molecule has 6 heteroatoms. The number of halogens is 3. The molecule has 0 aliphatic rings. The first-order valence-electron chi connectivity index (χ1n) is 5.79. The van der Waals surface area contributed by atoms with Crippen molar-refractivity contribution >= 4 is 46.5 Å². The van der Waals surface area contributed by atoms with Crippen molar-refractivity contribution < 1.29 is 4.79 Å². The summed E-state index contributed by atoms with van der Waals surface area (Å²) in [7, 11) is 0. The molecule has 0 aliphatic heterocycles. The standard InChI is InChI=1S/C14H11Cl3N2O/c15-10-2-1-3-11(7-10)19-14(20)18-8-9-4-5-12(16)13(17)6-9/h1-7H,8H2,(H2,18,19,20). The van der Waals surface area contributed by atoms with E-state index in [-0.39, 0.29) is 6.03 Å². The second-order valence-electron chi connectivity index (χ2n) is 4.07. The summed E-state index contributed by atoms with van der Waals surface area (Å²) in [6.45, 7) is 0.350. The number of anilines is 1. The van der Waals surface area contributed by atoms with Crippen LogP contribution in [-0.2, 0) is 6.54 Å². The van der Waals surface area contributed by atoms with Gasteiger partial charge < -0.3 is 10.6 Å². The van der Waals surface area contributed by atoms with Gasteiger partial charge in [0.25, 0.3) is 0 Å². The first-order valence-corrected chi connectivity index (χ1v) is 6.92. The number of benzene rings is 2. The van der Waals surface area contributed by atoms with Gasteiger partial charge in [-0.05, 0) is 35.9 Å². The van der Waals surface area contributed by atoms with E-state index in [4.69, 9.17) is 34.8 Å². The summed E-state index contributed by atoms with van der Waals surface area (Å²) in [4.78, 5) is 11.7. The van der Waals surface area contributed by atoms with Crippen molar-refractivity contribution in [2.24, 2.45) is 0 Å². The van der Waals surface area contributed by atoms with Gasteiger partial charge in [-0.2, -0.15) is 0 Å². The van der Waals surface area contributed by atoms with Gasteiger partial charge in [-0.3, -0.25) is 0 Å². The maximum Gasteiger partial charge on any atom is 0.319 e. The minimum atomic E-state index is -0.321. The second kappa shape index (κ2) is 6.84. The predicted octanol–water partition coefficient (Wildman–Crippen LogP) is 4.97. The van der Waals surface area contributed by atoms with Crippen LogP contribution in [0.1, 0.15) is 5.56 Å². The number of carbonyl (C=O) groups is 1. The fourth-order valence-electron chi connectivity index (χ4n) is 1.57. The lowest BCUT2D eigenvalue weighted by Crippen LogP contribution is -2.28. The van der Waals surface area contributed by atoms with Gasteiger partial charge in [-0.15, -0.1) is 0 Å². The van der Waals surface area contributed by atoms with E-state index in [0.29, 0.717) is 27.3 Å². The molecule has 2 aromatic rings. The molecule has 104 valence electrons. The van der Waals surface area contributed by atoms with Gasteiger partial charge in [0.1, 0.15) is 0 Å². The molecule has 20 heavy (non-hydrogen) atoms. The molecular weight excluding hydrogens is 319 g/mol. The fourth-order valence-corrected chi connectivity index (χ4v) is 2.08. The van der Waals surface area contributed by atoms with E-state index in [1.165, 1.54) is 0 Å². The third-order valence-corrected chi connectivity index (χ3v) is 3.49. The fraction of sp³-hybridized carbons (Fsp3) is 0.0714. The number of rotatable bonds is 3. The zero-order chi connectivity index (χ0) is 14.5. The molecule has 0 heterocycles. The van der Waals surface area contributed by atoms with E-state index in [1.807, 2.05) is 0 Å². The van der Waals surface area contributed by atoms with Crippen molar-refractivity contribution in [1.29, 1.82) is 0 Å². The van der Waals surface area contributed by atoms with Gasteiger partial charge in [0.05, 0.1) is 10.0 Å². The summed E-state index contributed by atoms with van der Waals surface area (Å²) in [6.07, 6.45) is 0. The highest BCUT2D eigenvalue weighted by atomic mass is 35.5. The molecule has 3 nitrogen and oxygen atoms in total. The van der Waals surface area contributed by atoms with Crippen molar-refractivity contribution in [3.05, 3.63) is 63.1 Å².